The van der Waals surface area contributed by atoms with Gasteiger partial charge in [0.25, 0.3) is 5.91 Å². The molecule has 2 aromatic rings. The molecule has 120 valence electrons. The topological polar surface area (TPSA) is 58.1 Å². The number of nitrogens with one attached hydrogen (secondary N) is 1. The molecule has 1 saturated heterocycles. The standard InChI is InChI=1S/C18H22N4O/c1-14-10-16(13-20-11-14)18(23)21-12-15-4-8-22(9-5-15)17-2-6-19-7-3-17/h2-3,6-7,10-11,13,15H,4-5,8-9,12H2,1H3,(H,21,23). The maximum absolute atomic E-state index is 12.2. The van der Waals surface area contributed by atoms with E-state index in [-0.39, 0.29) is 5.91 Å². The Labute approximate surface area is 136 Å². The molecule has 0 aromatic carbocycles. The van der Waals surface area contributed by atoms with Crippen molar-refractivity contribution in [3.05, 3.63) is 54.1 Å². The van der Waals surface area contributed by atoms with E-state index in [4.69, 9.17) is 0 Å². The molecule has 0 unspecified atom stereocenters. The lowest BCUT2D eigenvalue weighted by Gasteiger charge is -2.33. The normalized spacial score (nSPS) is 15.4. The third-order valence-electron chi connectivity index (χ3n) is 4.33. The van der Waals surface area contributed by atoms with Gasteiger partial charge in [-0.05, 0) is 49.4 Å². The largest absolute Gasteiger partial charge is 0.371 e. The fraction of sp³-hybridized carbons (Fsp3) is 0.389. The molecule has 0 atom stereocenters. The summed E-state index contributed by atoms with van der Waals surface area (Å²) in [7, 11) is 0. The number of carbonyl (C=O) groups excluding carboxylic acids is 1. The molecule has 0 saturated carbocycles. The van der Waals surface area contributed by atoms with Crippen molar-refractivity contribution < 1.29 is 4.79 Å². The number of aryl methyl sites for hydroxylation is 1. The second-order valence-corrected chi connectivity index (χ2v) is 6.10. The molecule has 5 heteroatoms. The van der Waals surface area contributed by atoms with Crippen molar-refractivity contribution in [2.45, 2.75) is 19.8 Å². The molecule has 0 bridgehead atoms. The zero-order chi connectivity index (χ0) is 16.1. The summed E-state index contributed by atoms with van der Waals surface area (Å²) in [4.78, 5) is 22.7. The number of pyridine rings is 2. The van der Waals surface area contributed by atoms with Gasteiger partial charge >= 0.3 is 0 Å². The predicted octanol–water partition coefficient (Wildman–Crippen LogP) is 2.43. The quantitative estimate of drug-likeness (QED) is 0.942. The van der Waals surface area contributed by atoms with Gasteiger partial charge in [-0.3, -0.25) is 14.8 Å². The van der Waals surface area contributed by atoms with Gasteiger partial charge in [0, 0.05) is 50.1 Å². The van der Waals surface area contributed by atoms with Crippen LogP contribution in [0.5, 0.6) is 0 Å². The number of hydrogen-bond donors (Lipinski definition) is 1. The Morgan fingerprint density at radius 3 is 2.65 bits per heavy atom. The monoisotopic (exact) mass is 310 g/mol. The van der Waals surface area contributed by atoms with E-state index in [0.29, 0.717) is 11.5 Å². The summed E-state index contributed by atoms with van der Waals surface area (Å²) in [6.07, 6.45) is 9.22. The predicted molar refractivity (Wildman–Crippen MR) is 90.5 cm³/mol. The van der Waals surface area contributed by atoms with Gasteiger partial charge in [0.2, 0.25) is 0 Å². The van der Waals surface area contributed by atoms with Gasteiger partial charge in [0.05, 0.1) is 5.56 Å². The SMILES string of the molecule is Cc1cncc(C(=O)NCC2CCN(c3ccncc3)CC2)c1. The number of aromatic nitrogens is 2. The maximum atomic E-state index is 12.2. The lowest BCUT2D eigenvalue weighted by molar-refractivity contribution is 0.0944. The Bertz CT molecular complexity index is 651. The van der Waals surface area contributed by atoms with Crippen molar-refractivity contribution in [1.29, 1.82) is 0 Å². The number of piperidine rings is 1. The van der Waals surface area contributed by atoms with E-state index in [1.165, 1.54) is 5.69 Å². The molecule has 1 amide bonds. The van der Waals surface area contributed by atoms with Crippen LogP contribution in [0.2, 0.25) is 0 Å². The number of carbonyl (C=O) groups is 1. The molecular weight excluding hydrogens is 288 g/mol. The van der Waals surface area contributed by atoms with Crippen LogP contribution in [0.4, 0.5) is 5.69 Å². The van der Waals surface area contributed by atoms with Gasteiger partial charge in [0.1, 0.15) is 0 Å². The molecular formula is C18H22N4O. The smallest absolute Gasteiger partial charge is 0.252 e. The Kier molecular flexibility index (Phi) is 4.86. The van der Waals surface area contributed by atoms with Gasteiger partial charge in [-0.2, -0.15) is 0 Å². The van der Waals surface area contributed by atoms with Crippen LogP contribution in [0.15, 0.2) is 43.0 Å². The van der Waals surface area contributed by atoms with Crippen LogP contribution in [0.25, 0.3) is 0 Å². The molecule has 1 N–H and O–H groups in total. The highest BCUT2D eigenvalue weighted by Crippen LogP contribution is 2.22. The highest BCUT2D eigenvalue weighted by molar-refractivity contribution is 5.93. The summed E-state index contributed by atoms with van der Waals surface area (Å²) in [6.45, 7) is 4.72. The molecule has 1 aliphatic heterocycles. The third-order valence-corrected chi connectivity index (χ3v) is 4.33. The first-order chi connectivity index (χ1) is 11.2. The van der Waals surface area contributed by atoms with E-state index in [9.17, 15) is 4.79 Å². The van der Waals surface area contributed by atoms with Gasteiger partial charge in [-0.25, -0.2) is 0 Å². The van der Waals surface area contributed by atoms with E-state index in [1.807, 2.05) is 37.5 Å². The van der Waals surface area contributed by atoms with Crippen LogP contribution >= 0.6 is 0 Å². The van der Waals surface area contributed by atoms with E-state index < -0.39 is 0 Å². The number of hydrogen-bond acceptors (Lipinski definition) is 4. The Morgan fingerprint density at radius 2 is 1.96 bits per heavy atom. The molecule has 0 radical (unpaired) electrons. The molecule has 0 spiro atoms. The van der Waals surface area contributed by atoms with Crippen molar-refractivity contribution in [3.8, 4) is 0 Å². The van der Waals surface area contributed by atoms with Crippen LogP contribution in [0, 0.1) is 12.8 Å². The van der Waals surface area contributed by atoms with Gasteiger partial charge < -0.3 is 10.2 Å². The molecule has 3 heterocycles. The molecule has 0 aliphatic carbocycles. The molecule has 23 heavy (non-hydrogen) atoms. The fourth-order valence-corrected chi connectivity index (χ4v) is 2.97. The van der Waals surface area contributed by atoms with Crippen LogP contribution in [0.1, 0.15) is 28.8 Å². The maximum Gasteiger partial charge on any atom is 0.252 e. The summed E-state index contributed by atoms with van der Waals surface area (Å²) in [6, 6.07) is 5.97. The van der Waals surface area contributed by atoms with Crippen LogP contribution in [-0.4, -0.2) is 35.5 Å². The van der Waals surface area contributed by atoms with Crippen molar-refractivity contribution in [1.82, 2.24) is 15.3 Å². The fourth-order valence-electron chi connectivity index (χ4n) is 2.97. The summed E-state index contributed by atoms with van der Waals surface area (Å²) in [5.74, 6) is 0.507. The first-order valence-electron chi connectivity index (χ1n) is 8.07. The number of rotatable bonds is 4. The average Bonchev–Trinajstić information content (AvgIpc) is 2.61. The van der Waals surface area contributed by atoms with E-state index >= 15 is 0 Å². The first kappa shape index (κ1) is 15.5. The van der Waals surface area contributed by atoms with Crippen molar-refractivity contribution in [2.24, 2.45) is 5.92 Å². The summed E-state index contributed by atoms with van der Waals surface area (Å²) >= 11 is 0. The lowest BCUT2D eigenvalue weighted by Crippen LogP contribution is -2.38. The molecule has 3 rings (SSSR count). The third kappa shape index (κ3) is 4.06. The number of anilines is 1. The summed E-state index contributed by atoms with van der Waals surface area (Å²) < 4.78 is 0. The number of nitrogens with zero attached hydrogens (tertiary/aromatic N) is 3. The van der Waals surface area contributed by atoms with E-state index in [1.54, 1.807) is 12.4 Å². The molecule has 1 aliphatic rings. The average molecular weight is 310 g/mol. The number of amides is 1. The Balaban J connectivity index is 1.47. The zero-order valence-corrected chi connectivity index (χ0v) is 13.4. The molecule has 2 aromatic heterocycles. The van der Waals surface area contributed by atoms with Crippen molar-refractivity contribution in [2.75, 3.05) is 24.5 Å². The summed E-state index contributed by atoms with van der Waals surface area (Å²) in [5.41, 5.74) is 2.87. The second-order valence-electron chi connectivity index (χ2n) is 6.10. The van der Waals surface area contributed by atoms with Crippen molar-refractivity contribution in [3.63, 3.8) is 0 Å². The molecule has 5 nitrogen and oxygen atoms in total. The highest BCUT2D eigenvalue weighted by Gasteiger charge is 2.20. The van der Waals surface area contributed by atoms with E-state index in [0.717, 1.165) is 38.0 Å². The van der Waals surface area contributed by atoms with E-state index in [2.05, 4.69) is 20.2 Å². The zero-order valence-electron chi connectivity index (χ0n) is 13.4. The minimum atomic E-state index is -0.0298. The minimum Gasteiger partial charge on any atom is -0.371 e. The summed E-state index contributed by atoms with van der Waals surface area (Å²) in [5, 5.41) is 3.04. The molecule has 1 fully saturated rings. The van der Waals surface area contributed by atoms with Crippen LogP contribution in [-0.2, 0) is 0 Å². The Hall–Kier alpha value is -2.43. The van der Waals surface area contributed by atoms with Gasteiger partial charge in [0.15, 0.2) is 0 Å². The first-order valence-corrected chi connectivity index (χ1v) is 8.07. The minimum absolute atomic E-state index is 0.0298. The highest BCUT2D eigenvalue weighted by atomic mass is 16.1. The lowest BCUT2D eigenvalue weighted by atomic mass is 9.96. The van der Waals surface area contributed by atoms with Crippen LogP contribution < -0.4 is 10.2 Å². The van der Waals surface area contributed by atoms with Crippen LogP contribution in [0.3, 0.4) is 0 Å². The van der Waals surface area contributed by atoms with Gasteiger partial charge in [-0.1, -0.05) is 0 Å². The Morgan fingerprint density at radius 1 is 1.22 bits per heavy atom. The van der Waals surface area contributed by atoms with Crippen molar-refractivity contribution >= 4 is 11.6 Å². The second kappa shape index (κ2) is 7.22. The van der Waals surface area contributed by atoms with Gasteiger partial charge in [-0.15, -0.1) is 0 Å².